The second-order valence-electron chi connectivity index (χ2n) is 7.73. The summed E-state index contributed by atoms with van der Waals surface area (Å²) in [5, 5.41) is 0.690. The van der Waals surface area contributed by atoms with E-state index >= 15 is 0 Å². The molecule has 0 N–H and O–H groups in total. The first kappa shape index (κ1) is 21.2. The summed E-state index contributed by atoms with van der Waals surface area (Å²) < 4.78 is 82.1. The molecule has 1 unspecified atom stereocenters. The van der Waals surface area contributed by atoms with Crippen molar-refractivity contribution in [3.8, 4) is 0 Å². The lowest BCUT2D eigenvalue weighted by atomic mass is 9.97. The lowest BCUT2D eigenvalue weighted by molar-refractivity contribution is 0.00775. The number of rotatable bonds is 4. The molecule has 1 aliphatic carbocycles. The van der Waals surface area contributed by atoms with Crippen molar-refractivity contribution in [2.45, 2.75) is 48.8 Å². The summed E-state index contributed by atoms with van der Waals surface area (Å²) in [5.41, 5.74) is 0.404. The van der Waals surface area contributed by atoms with Crippen LogP contribution in [0.5, 0.6) is 0 Å². The number of hydrogen-bond acceptors (Lipinski definition) is 2. The minimum atomic E-state index is -4.16. The second kappa shape index (κ2) is 6.99. The maximum absolute atomic E-state index is 13.8. The Morgan fingerprint density at radius 2 is 1.80 bits per heavy atom. The van der Waals surface area contributed by atoms with Gasteiger partial charge in [-0.15, -0.1) is 0 Å². The van der Waals surface area contributed by atoms with Crippen LogP contribution in [0.4, 0.5) is 17.6 Å². The van der Waals surface area contributed by atoms with Crippen LogP contribution < -0.4 is 0 Å². The highest BCUT2D eigenvalue weighted by molar-refractivity contribution is 7.90. The predicted molar refractivity (Wildman–Crippen MR) is 107 cm³/mol. The number of hydrogen-bond donors (Lipinski definition) is 0. The SMILES string of the molecule is CC(F)(F)c1ccc(S(=O)(=O)n2cc(C3CCC(F)(F)C3)c3c(Cl)cccc32)cc1. The highest BCUT2D eigenvalue weighted by atomic mass is 35.5. The molecule has 1 heterocycles. The molecule has 3 nitrogen and oxygen atoms in total. The van der Waals surface area contributed by atoms with E-state index in [0.29, 0.717) is 10.9 Å². The molecule has 0 saturated heterocycles. The van der Waals surface area contributed by atoms with Gasteiger partial charge in [-0.1, -0.05) is 29.8 Å². The summed E-state index contributed by atoms with van der Waals surface area (Å²) in [4.78, 5) is -0.185. The minimum absolute atomic E-state index is 0.185. The van der Waals surface area contributed by atoms with Crippen molar-refractivity contribution in [2.75, 3.05) is 0 Å². The Labute approximate surface area is 176 Å². The monoisotopic (exact) mass is 459 g/mol. The predicted octanol–water partition coefficient (Wildman–Crippen LogP) is 6.55. The normalized spacial score (nSPS) is 19.5. The molecule has 1 fully saturated rings. The minimum Gasteiger partial charge on any atom is -0.241 e. The second-order valence-corrected chi connectivity index (χ2v) is 9.95. The zero-order valence-electron chi connectivity index (χ0n) is 15.9. The van der Waals surface area contributed by atoms with E-state index in [0.717, 1.165) is 35.2 Å². The maximum atomic E-state index is 13.8. The van der Waals surface area contributed by atoms with Gasteiger partial charge in [0.1, 0.15) is 0 Å². The molecule has 30 heavy (non-hydrogen) atoms. The summed E-state index contributed by atoms with van der Waals surface area (Å²) >= 11 is 6.31. The highest BCUT2D eigenvalue weighted by Crippen LogP contribution is 2.47. The molecule has 0 aliphatic heterocycles. The van der Waals surface area contributed by atoms with Gasteiger partial charge in [0.15, 0.2) is 0 Å². The van der Waals surface area contributed by atoms with Gasteiger partial charge in [-0.25, -0.2) is 30.0 Å². The van der Waals surface area contributed by atoms with E-state index in [1.807, 2.05) is 0 Å². The fraction of sp³-hybridized carbons (Fsp3) is 0.333. The maximum Gasteiger partial charge on any atom is 0.270 e. The van der Waals surface area contributed by atoms with Crippen LogP contribution in [0.3, 0.4) is 0 Å². The Balaban J connectivity index is 1.86. The Morgan fingerprint density at radius 1 is 1.13 bits per heavy atom. The fourth-order valence-corrected chi connectivity index (χ4v) is 5.65. The lowest BCUT2D eigenvalue weighted by Crippen LogP contribution is -2.13. The number of benzene rings is 2. The molecule has 160 valence electrons. The summed E-state index contributed by atoms with van der Waals surface area (Å²) in [7, 11) is -4.16. The van der Waals surface area contributed by atoms with Crippen LogP contribution in [0.2, 0.25) is 5.02 Å². The van der Waals surface area contributed by atoms with Crippen LogP contribution in [0, 0.1) is 0 Å². The Morgan fingerprint density at radius 3 is 2.37 bits per heavy atom. The summed E-state index contributed by atoms with van der Waals surface area (Å²) in [6, 6.07) is 9.04. The Bertz CT molecular complexity index is 1210. The van der Waals surface area contributed by atoms with Crippen molar-refractivity contribution >= 4 is 32.5 Å². The molecule has 3 aromatic rings. The van der Waals surface area contributed by atoms with Gasteiger partial charge in [-0.2, -0.15) is 0 Å². The molecule has 1 aromatic heterocycles. The fourth-order valence-electron chi connectivity index (χ4n) is 4.00. The van der Waals surface area contributed by atoms with E-state index < -0.39 is 27.8 Å². The molecule has 0 bridgehead atoms. The van der Waals surface area contributed by atoms with Crippen LogP contribution >= 0.6 is 11.6 Å². The van der Waals surface area contributed by atoms with Crippen molar-refractivity contribution in [3.05, 3.63) is 64.8 Å². The molecule has 0 amide bonds. The van der Waals surface area contributed by atoms with E-state index in [9.17, 15) is 26.0 Å². The summed E-state index contributed by atoms with van der Waals surface area (Å²) in [5.74, 6) is -6.43. The van der Waals surface area contributed by atoms with Gasteiger partial charge in [0, 0.05) is 36.9 Å². The van der Waals surface area contributed by atoms with Gasteiger partial charge in [0.2, 0.25) is 5.92 Å². The first-order chi connectivity index (χ1) is 13.9. The summed E-state index contributed by atoms with van der Waals surface area (Å²) in [6.07, 6.45) is 0.907. The zero-order chi connectivity index (χ0) is 21.9. The van der Waals surface area contributed by atoms with Gasteiger partial charge >= 0.3 is 0 Å². The Hall–Kier alpha value is -2.06. The third-order valence-electron chi connectivity index (χ3n) is 5.54. The first-order valence-electron chi connectivity index (χ1n) is 9.31. The molecule has 1 atom stereocenters. The van der Waals surface area contributed by atoms with E-state index in [1.165, 1.54) is 6.20 Å². The van der Waals surface area contributed by atoms with Crippen LogP contribution in [0.1, 0.15) is 43.2 Å². The molecule has 0 radical (unpaired) electrons. The van der Waals surface area contributed by atoms with Gasteiger partial charge < -0.3 is 0 Å². The molecular formula is C21H18ClF4NO2S. The number of fused-ring (bicyclic) bond motifs is 1. The molecule has 1 aliphatic rings. The van der Waals surface area contributed by atoms with E-state index in [-0.39, 0.29) is 40.3 Å². The average Bonchev–Trinajstić information content (AvgIpc) is 3.22. The van der Waals surface area contributed by atoms with Gasteiger partial charge in [-0.3, -0.25) is 0 Å². The largest absolute Gasteiger partial charge is 0.270 e. The number of nitrogens with zero attached hydrogens (tertiary/aromatic N) is 1. The standard InChI is InChI=1S/C21H18ClF4NO2S/c1-20(23,24)14-5-7-15(8-6-14)30(28,29)27-12-16(13-9-10-21(25,26)11-13)19-17(22)3-2-4-18(19)27/h2-8,12-13H,9-11H2,1H3. The third-order valence-corrected chi connectivity index (χ3v) is 7.54. The summed E-state index contributed by atoms with van der Waals surface area (Å²) in [6.45, 7) is 0.724. The van der Waals surface area contributed by atoms with E-state index in [4.69, 9.17) is 11.6 Å². The van der Waals surface area contributed by atoms with Crippen molar-refractivity contribution in [2.24, 2.45) is 0 Å². The molecule has 0 spiro atoms. The van der Waals surface area contributed by atoms with Gasteiger partial charge in [0.05, 0.1) is 15.4 Å². The number of alkyl halides is 4. The zero-order valence-corrected chi connectivity index (χ0v) is 17.5. The van der Waals surface area contributed by atoms with Crippen molar-refractivity contribution in [1.29, 1.82) is 0 Å². The molecule has 1 saturated carbocycles. The highest BCUT2D eigenvalue weighted by Gasteiger charge is 2.41. The van der Waals surface area contributed by atoms with E-state index in [1.54, 1.807) is 18.2 Å². The first-order valence-corrected chi connectivity index (χ1v) is 11.1. The van der Waals surface area contributed by atoms with Crippen LogP contribution in [0.25, 0.3) is 10.9 Å². The number of aromatic nitrogens is 1. The van der Waals surface area contributed by atoms with Crippen LogP contribution in [0.15, 0.2) is 53.6 Å². The molecule has 9 heteroatoms. The molecule has 2 aromatic carbocycles. The van der Waals surface area contributed by atoms with Crippen LogP contribution in [-0.2, 0) is 15.9 Å². The van der Waals surface area contributed by atoms with Gasteiger partial charge in [-0.05, 0) is 42.2 Å². The smallest absolute Gasteiger partial charge is 0.241 e. The lowest BCUT2D eigenvalue weighted by Gasteiger charge is -2.12. The van der Waals surface area contributed by atoms with Crippen molar-refractivity contribution in [3.63, 3.8) is 0 Å². The van der Waals surface area contributed by atoms with Gasteiger partial charge in [0.25, 0.3) is 15.9 Å². The van der Waals surface area contributed by atoms with Crippen molar-refractivity contribution in [1.82, 2.24) is 3.97 Å². The van der Waals surface area contributed by atoms with Crippen molar-refractivity contribution < 1.29 is 26.0 Å². The third kappa shape index (κ3) is 3.60. The average molecular weight is 460 g/mol. The topological polar surface area (TPSA) is 39.1 Å². The van der Waals surface area contributed by atoms with Crippen LogP contribution in [-0.4, -0.2) is 18.3 Å². The van der Waals surface area contributed by atoms with E-state index in [2.05, 4.69) is 0 Å². The molecule has 4 rings (SSSR count). The molecular weight excluding hydrogens is 442 g/mol. The Kier molecular flexibility index (Phi) is 4.93. The quantitative estimate of drug-likeness (QED) is 0.415. The number of halogens is 5.